The highest BCUT2D eigenvalue weighted by molar-refractivity contribution is 6.62. The number of hydrogen-bond donors (Lipinski definition) is 13. The molecule has 0 bridgehead atoms. The second-order valence-corrected chi connectivity index (χ2v) is 22.5. The highest BCUT2D eigenvalue weighted by atomic mass is 19.4. The number of alkyl halides is 6. The lowest BCUT2D eigenvalue weighted by atomic mass is 9.78. The molecule has 0 spiro atoms. The van der Waals surface area contributed by atoms with Crippen molar-refractivity contribution in [3.8, 4) is 0 Å². The summed E-state index contributed by atoms with van der Waals surface area (Å²) in [5.74, 6) is -4.40. The van der Waals surface area contributed by atoms with E-state index < -0.39 is 109 Å². The van der Waals surface area contributed by atoms with Crippen LogP contribution in [0.15, 0.2) is 91.0 Å². The number of carbonyl (C=O) groups excluding carboxylic acids is 6. The Morgan fingerprint density at radius 3 is 2.06 bits per heavy atom. The van der Waals surface area contributed by atoms with Crippen molar-refractivity contribution in [3.63, 3.8) is 0 Å². The number of aliphatic hydroxyl groups excluding tert-OH is 1. The van der Waals surface area contributed by atoms with E-state index in [0.717, 1.165) is 24.3 Å². The van der Waals surface area contributed by atoms with Gasteiger partial charge in [0.25, 0.3) is 0 Å². The van der Waals surface area contributed by atoms with E-state index in [1.807, 2.05) is 0 Å². The van der Waals surface area contributed by atoms with Gasteiger partial charge in [0, 0.05) is 76.4 Å². The van der Waals surface area contributed by atoms with Crippen molar-refractivity contribution in [1.29, 1.82) is 0 Å². The fourth-order valence-corrected chi connectivity index (χ4v) is 10.7. The van der Waals surface area contributed by atoms with Crippen LogP contribution in [-0.2, 0) is 62.5 Å². The molecule has 0 aromatic heterocycles. The molecule has 8 unspecified atom stereocenters. The number of anilines is 1. The Bertz CT molecular complexity index is 3070. The van der Waals surface area contributed by atoms with E-state index in [0.29, 0.717) is 46.2 Å². The molecule has 1 saturated heterocycles. The van der Waals surface area contributed by atoms with Gasteiger partial charge in [0.1, 0.15) is 24.2 Å². The molecule has 17 N–H and O–H groups in total. The summed E-state index contributed by atoms with van der Waals surface area (Å²) in [6.45, 7) is 3.61. The van der Waals surface area contributed by atoms with Crippen molar-refractivity contribution in [2.24, 2.45) is 22.9 Å². The number of amides is 6. The first-order chi connectivity index (χ1) is 41.5. The summed E-state index contributed by atoms with van der Waals surface area (Å²) in [6.07, 6.45) is -12.6. The molecule has 6 amide bonds. The lowest BCUT2D eigenvalue weighted by molar-refractivity contribution is -0.138. The highest BCUT2D eigenvalue weighted by Gasteiger charge is 2.42. The molecule has 0 radical (unpaired) electrons. The Balaban J connectivity index is 1.00. The van der Waals surface area contributed by atoms with Crippen molar-refractivity contribution >= 4 is 66.3 Å². The van der Waals surface area contributed by atoms with Gasteiger partial charge < -0.3 is 78.5 Å². The molecule has 3 aliphatic rings. The molecule has 3 heterocycles. The number of aryl methyl sites for hydroxylation is 1. The molecule has 4 aromatic carbocycles. The zero-order valence-corrected chi connectivity index (χ0v) is 48.4. The number of nitrogens with one attached hydrogen (secondary N) is 6. The summed E-state index contributed by atoms with van der Waals surface area (Å²) in [7, 11) is -2.60. The van der Waals surface area contributed by atoms with Crippen LogP contribution in [0.1, 0.15) is 98.0 Å². The molecule has 476 valence electrons. The van der Waals surface area contributed by atoms with Crippen LogP contribution in [0.2, 0.25) is 0 Å². The van der Waals surface area contributed by atoms with Crippen LogP contribution in [0.4, 0.5) is 32.0 Å². The zero-order chi connectivity index (χ0) is 64.3. The fraction of sp³-hybridized carbons (Fsp3) is 0.474. The van der Waals surface area contributed by atoms with E-state index >= 15 is 0 Å². The van der Waals surface area contributed by atoms with Crippen LogP contribution in [0.5, 0.6) is 0 Å². The van der Waals surface area contributed by atoms with Gasteiger partial charge in [-0.1, -0.05) is 54.6 Å². The van der Waals surface area contributed by atoms with Gasteiger partial charge in [-0.3, -0.25) is 34.2 Å². The van der Waals surface area contributed by atoms with Crippen molar-refractivity contribution in [2.75, 3.05) is 51.1 Å². The molecule has 3 aliphatic heterocycles. The summed E-state index contributed by atoms with van der Waals surface area (Å²) >= 11 is 0. The number of nitrogens with two attached hydrogens (primary N) is 4. The number of likely N-dealkylation sites (tertiary alicyclic amines) is 1. The molecule has 0 saturated carbocycles. The molecule has 31 heteroatoms. The lowest BCUT2D eigenvalue weighted by Crippen LogP contribution is -2.57. The van der Waals surface area contributed by atoms with Crippen molar-refractivity contribution < 1.29 is 79.6 Å². The van der Waals surface area contributed by atoms with Crippen molar-refractivity contribution in [3.05, 3.63) is 124 Å². The average molecular weight is 1240 g/mol. The van der Waals surface area contributed by atoms with Gasteiger partial charge in [-0.05, 0) is 116 Å². The zero-order valence-electron chi connectivity index (χ0n) is 48.4. The van der Waals surface area contributed by atoms with Crippen LogP contribution < -0.4 is 66.0 Å². The van der Waals surface area contributed by atoms with Crippen LogP contribution in [0.3, 0.4) is 0 Å². The third-order valence-electron chi connectivity index (χ3n) is 15.5. The van der Waals surface area contributed by atoms with Crippen molar-refractivity contribution in [1.82, 2.24) is 36.6 Å². The van der Waals surface area contributed by atoms with Crippen LogP contribution in [-0.4, -0.2) is 157 Å². The predicted octanol–water partition coefficient (Wildman–Crippen LogP) is -0.449. The van der Waals surface area contributed by atoms with Crippen molar-refractivity contribution in [2.45, 2.75) is 125 Å². The minimum atomic E-state index is -4.72. The molecule has 23 nitrogen and oxygen atoms in total. The van der Waals surface area contributed by atoms with Gasteiger partial charge in [0.05, 0.1) is 28.9 Å². The van der Waals surface area contributed by atoms with Crippen LogP contribution in [0, 0.1) is 0 Å². The summed E-state index contributed by atoms with van der Waals surface area (Å²) < 4.78 is 91.8. The molecular weight excluding hydrogens is 1160 g/mol. The summed E-state index contributed by atoms with van der Waals surface area (Å²) in [5, 5.41) is 42.9. The van der Waals surface area contributed by atoms with E-state index in [4.69, 9.17) is 32.2 Å². The van der Waals surface area contributed by atoms with Gasteiger partial charge in [-0.2, -0.15) is 26.3 Å². The summed E-state index contributed by atoms with van der Waals surface area (Å²) in [5.41, 5.74) is 29.9. The number of fused-ring (bicyclic) bond motifs is 2. The standard InChI is InChI=1S/C57H74B2F6N12O11/c1-55(2)40-17-16-38(28-42(40)59(86)88-55)72-54(84)49(50(80)33-10-14-35(15-11-33)57(63,64)65)74-51(81)43(69)18-21-47(78)76(25-23-66)26-24-71-75-45(20-22-48(79)77-30-36(67)27-37(68)31-77)53(83)73-44(19-9-32-7-12-34(13-8-32)56(60,61)62)52(82)70-29-46-39-5-3-4-6-41(39)58(85)87-46/h3-8,10-17,28,36-37,43-46,49-50,71,75,80,85-86H,9,18-27,29-31,66-69H2,1-2H3,(H,70,82)(H,72,84)(H,73,83)(H,74,81). The Labute approximate surface area is 504 Å². The number of benzene rings is 4. The Morgan fingerprint density at radius 1 is 0.761 bits per heavy atom. The number of aliphatic hydroxyl groups is 1. The predicted molar refractivity (Wildman–Crippen MR) is 312 cm³/mol. The van der Waals surface area contributed by atoms with Gasteiger partial charge in [-0.15, -0.1) is 0 Å². The number of nitrogens with zero attached hydrogens (tertiary/aromatic N) is 2. The van der Waals surface area contributed by atoms with Crippen LogP contribution in [0.25, 0.3) is 0 Å². The smallest absolute Gasteiger partial charge is 0.423 e. The first-order valence-corrected chi connectivity index (χ1v) is 28.7. The van der Waals surface area contributed by atoms with Gasteiger partial charge in [0.15, 0.2) is 0 Å². The van der Waals surface area contributed by atoms with E-state index in [-0.39, 0.29) is 114 Å². The third-order valence-corrected chi connectivity index (χ3v) is 15.5. The minimum Gasteiger partial charge on any atom is -0.423 e. The maximum atomic E-state index is 14.4. The quantitative estimate of drug-likeness (QED) is 0.0156. The monoisotopic (exact) mass is 1240 g/mol. The molecule has 4 aromatic rings. The first-order valence-electron chi connectivity index (χ1n) is 28.7. The molecular formula is C57H74B2F6N12O11. The maximum absolute atomic E-state index is 14.4. The molecule has 8 atom stereocenters. The number of hydrogen-bond acceptors (Lipinski definition) is 17. The van der Waals surface area contributed by atoms with E-state index in [2.05, 4.69) is 32.1 Å². The first kappa shape index (κ1) is 68.5. The number of carbonyl (C=O) groups is 6. The van der Waals surface area contributed by atoms with E-state index in [9.17, 15) is 70.3 Å². The summed E-state index contributed by atoms with van der Waals surface area (Å²) in [4.78, 5) is 86.2. The lowest BCUT2D eigenvalue weighted by Gasteiger charge is -2.35. The molecule has 7 rings (SSSR count). The number of hydrazine groups is 1. The average Bonchev–Trinajstić information content (AvgIpc) is 2.22. The summed E-state index contributed by atoms with van der Waals surface area (Å²) in [6, 6.07) is 12.3. The fourth-order valence-electron chi connectivity index (χ4n) is 10.7. The Hall–Kier alpha value is -7.03. The van der Waals surface area contributed by atoms with E-state index in [1.165, 1.54) is 34.1 Å². The number of piperidine rings is 1. The third kappa shape index (κ3) is 18.3. The largest absolute Gasteiger partial charge is 0.492 e. The Morgan fingerprint density at radius 2 is 1.41 bits per heavy atom. The molecule has 1 fully saturated rings. The minimum absolute atomic E-state index is 0.00243. The normalized spacial score (nSPS) is 18.9. The van der Waals surface area contributed by atoms with Gasteiger partial charge >= 0.3 is 26.6 Å². The van der Waals surface area contributed by atoms with Crippen LogP contribution >= 0.6 is 0 Å². The second kappa shape index (κ2) is 30.0. The number of halogens is 6. The van der Waals surface area contributed by atoms with Gasteiger partial charge in [-0.25, -0.2) is 5.43 Å². The highest BCUT2D eigenvalue weighted by Crippen LogP contribution is 2.33. The molecule has 0 aliphatic carbocycles. The SMILES string of the molecule is CC1(C)OB(O)c2cc(NC(=O)C(NC(=O)C(N)CCC(=O)N(CCN)CCNNC(CCC(=O)N3CC(N)CC(N)C3)C(=O)NC(CCc3ccc(C(F)(F)F)cc3)C(=O)NCC3OB(O)c4ccccc43)C(O)c3ccc(C(F)(F)F)cc3)ccc21. The van der Waals surface area contributed by atoms with E-state index in [1.54, 1.807) is 44.2 Å². The topological polar surface area (TPSA) is 364 Å². The van der Waals surface area contributed by atoms with Gasteiger partial charge in [0.2, 0.25) is 35.4 Å². The maximum Gasteiger partial charge on any atom is 0.492 e. The Kier molecular flexibility index (Phi) is 23.3. The number of rotatable bonds is 27. The second-order valence-electron chi connectivity index (χ2n) is 22.5. The molecule has 88 heavy (non-hydrogen) atoms.